The molecule has 1 aromatic carbocycles. The molecule has 0 bridgehead atoms. The zero-order valence-corrected chi connectivity index (χ0v) is 10.3. The van der Waals surface area contributed by atoms with Crippen molar-refractivity contribution in [2.75, 3.05) is 12.4 Å². The summed E-state index contributed by atoms with van der Waals surface area (Å²) in [6.07, 6.45) is 1.29. The number of nitrogens with zero attached hydrogens (tertiary/aromatic N) is 2. The average Bonchev–Trinajstić information content (AvgIpc) is 2.36. The predicted molar refractivity (Wildman–Crippen MR) is 63.2 cm³/mol. The van der Waals surface area contributed by atoms with Crippen LogP contribution in [-0.2, 0) is 0 Å². The van der Waals surface area contributed by atoms with Gasteiger partial charge < -0.3 is 10.1 Å². The quantitative estimate of drug-likeness (QED) is 0.696. The fourth-order valence-corrected chi connectivity index (χ4v) is 1.49. The minimum Gasteiger partial charge on any atom is -0.491 e. The van der Waals surface area contributed by atoms with Crippen LogP contribution in [0.25, 0.3) is 0 Å². The molecule has 0 amide bonds. The Morgan fingerprint density at radius 2 is 1.84 bits per heavy atom. The normalized spacial score (nSPS) is 10.4. The number of methoxy groups -OCH3 is 1. The van der Waals surface area contributed by atoms with Crippen molar-refractivity contribution in [1.82, 2.24) is 9.97 Å². The standard InChI is InChI=1S/C11H7ClF3N3O/c1-19-8-4-16-11(12)18-10(8)17-5-2-6(13)9(15)7(14)3-5/h2-4H,1H3,(H,16,17,18). The molecule has 19 heavy (non-hydrogen) atoms. The van der Waals surface area contributed by atoms with Gasteiger partial charge in [-0.2, -0.15) is 4.98 Å². The van der Waals surface area contributed by atoms with Gasteiger partial charge in [-0.05, 0) is 11.6 Å². The number of aromatic nitrogens is 2. The fraction of sp³-hybridized carbons (Fsp3) is 0.0909. The third-order valence-electron chi connectivity index (χ3n) is 2.19. The first-order valence-corrected chi connectivity index (χ1v) is 5.37. The lowest BCUT2D eigenvalue weighted by Crippen LogP contribution is -2.01. The van der Waals surface area contributed by atoms with Gasteiger partial charge in [0.1, 0.15) is 0 Å². The summed E-state index contributed by atoms with van der Waals surface area (Å²) in [5, 5.41) is 2.49. The topological polar surface area (TPSA) is 47.0 Å². The number of halogens is 4. The summed E-state index contributed by atoms with van der Waals surface area (Å²) < 4.78 is 43.9. The fourth-order valence-electron chi connectivity index (χ4n) is 1.35. The average molecular weight is 290 g/mol. The molecule has 0 unspecified atom stereocenters. The molecule has 8 heteroatoms. The Labute approximate surface area is 111 Å². The highest BCUT2D eigenvalue weighted by molar-refractivity contribution is 6.28. The lowest BCUT2D eigenvalue weighted by Gasteiger charge is -2.10. The predicted octanol–water partition coefficient (Wildman–Crippen LogP) is 3.30. The highest BCUT2D eigenvalue weighted by Crippen LogP contribution is 2.27. The first-order valence-electron chi connectivity index (χ1n) is 4.99. The molecule has 0 spiro atoms. The summed E-state index contributed by atoms with van der Waals surface area (Å²) in [7, 11) is 1.36. The van der Waals surface area contributed by atoms with E-state index in [0.29, 0.717) is 0 Å². The van der Waals surface area contributed by atoms with E-state index in [9.17, 15) is 13.2 Å². The molecule has 0 aliphatic carbocycles. The van der Waals surface area contributed by atoms with E-state index in [0.717, 1.165) is 12.1 Å². The van der Waals surface area contributed by atoms with E-state index in [-0.39, 0.29) is 22.5 Å². The van der Waals surface area contributed by atoms with Crippen LogP contribution in [-0.4, -0.2) is 17.1 Å². The van der Waals surface area contributed by atoms with E-state index < -0.39 is 17.5 Å². The molecule has 2 rings (SSSR count). The number of ether oxygens (including phenoxy) is 1. The van der Waals surface area contributed by atoms with Crippen molar-refractivity contribution in [3.8, 4) is 5.75 Å². The molecule has 0 aliphatic heterocycles. The molecular weight excluding hydrogens is 283 g/mol. The van der Waals surface area contributed by atoms with Crippen molar-refractivity contribution >= 4 is 23.1 Å². The molecule has 0 aliphatic rings. The zero-order chi connectivity index (χ0) is 14.0. The molecule has 1 N–H and O–H groups in total. The van der Waals surface area contributed by atoms with Gasteiger partial charge in [0, 0.05) is 17.8 Å². The Morgan fingerprint density at radius 3 is 2.42 bits per heavy atom. The maximum atomic E-state index is 13.1. The molecule has 4 nitrogen and oxygen atoms in total. The highest BCUT2D eigenvalue weighted by atomic mass is 35.5. The molecule has 1 heterocycles. The summed E-state index contributed by atoms with van der Waals surface area (Å²) in [5.74, 6) is -3.86. The maximum Gasteiger partial charge on any atom is 0.224 e. The van der Waals surface area contributed by atoms with Crippen LogP contribution in [0.4, 0.5) is 24.7 Å². The number of hydrogen-bond donors (Lipinski definition) is 1. The Balaban J connectivity index is 2.38. The van der Waals surface area contributed by atoms with E-state index in [1.165, 1.54) is 13.3 Å². The number of anilines is 2. The monoisotopic (exact) mass is 289 g/mol. The summed E-state index contributed by atoms with van der Waals surface area (Å²) in [6, 6.07) is 1.57. The van der Waals surface area contributed by atoms with Gasteiger partial charge in [-0.15, -0.1) is 0 Å². The van der Waals surface area contributed by atoms with E-state index >= 15 is 0 Å². The lowest BCUT2D eigenvalue weighted by molar-refractivity contribution is 0.413. The van der Waals surface area contributed by atoms with Gasteiger partial charge in [-0.3, -0.25) is 0 Å². The number of nitrogens with one attached hydrogen (secondary N) is 1. The van der Waals surface area contributed by atoms with Gasteiger partial charge in [-0.25, -0.2) is 18.2 Å². The van der Waals surface area contributed by atoms with Crippen LogP contribution < -0.4 is 10.1 Å². The number of rotatable bonds is 3. The number of hydrogen-bond acceptors (Lipinski definition) is 4. The van der Waals surface area contributed by atoms with Gasteiger partial charge in [0.15, 0.2) is 29.0 Å². The second-order valence-corrected chi connectivity index (χ2v) is 3.77. The van der Waals surface area contributed by atoms with Crippen LogP contribution in [0.1, 0.15) is 0 Å². The van der Waals surface area contributed by atoms with Crippen molar-refractivity contribution in [3.63, 3.8) is 0 Å². The van der Waals surface area contributed by atoms with Crippen LogP contribution >= 0.6 is 11.6 Å². The van der Waals surface area contributed by atoms with E-state index in [2.05, 4.69) is 15.3 Å². The Bertz CT molecular complexity index is 601. The van der Waals surface area contributed by atoms with E-state index in [4.69, 9.17) is 16.3 Å². The molecule has 0 saturated carbocycles. The third-order valence-corrected chi connectivity index (χ3v) is 2.37. The van der Waals surface area contributed by atoms with Crippen molar-refractivity contribution in [3.05, 3.63) is 41.1 Å². The molecule has 0 saturated heterocycles. The second-order valence-electron chi connectivity index (χ2n) is 3.43. The maximum absolute atomic E-state index is 13.1. The van der Waals surface area contributed by atoms with Crippen molar-refractivity contribution in [2.45, 2.75) is 0 Å². The van der Waals surface area contributed by atoms with Crippen LogP contribution in [0.2, 0.25) is 5.28 Å². The third kappa shape index (κ3) is 2.87. The lowest BCUT2D eigenvalue weighted by atomic mass is 10.3. The molecule has 0 radical (unpaired) electrons. The minimum atomic E-state index is -1.54. The van der Waals surface area contributed by atoms with Crippen molar-refractivity contribution in [2.24, 2.45) is 0 Å². The van der Waals surface area contributed by atoms with Gasteiger partial charge in [-0.1, -0.05) is 0 Å². The summed E-state index contributed by atoms with van der Waals surface area (Å²) in [6.45, 7) is 0. The van der Waals surface area contributed by atoms with E-state index in [1.54, 1.807) is 0 Å². The van der Waals surface area contributed by atoms with Crippen LogP contribution in [0.3, 0.4) is 0 Å². The van der Waals surface area contributed by atoms with Gasteiger partial charge in [0.25, 0.3) is 0 Å². The summed E-state index contributed by atoms with van der Waals surface area (Å²) >= 11 is 5.60. The van der Waals surface area contributed by atoms with Gasteiger partial charge in [0.2, 0.25) is 5.28 Å². The molecular formula is C11H7ClF3N3O. The minimum absolute atomic E-state index is 0.0375. The molecule has 100 valence electrons. The summed E-state index contributed by atoms with van der Waals surface area (Å²) in [4.78, 5) is 7.48. The SMILES string of the molecule is COc1cnc(Cl)nc1Nc1cc(F)c(F)c(F)c1. The van der Waals surface area contributed by atoms with Crippen LogP contribution in [0, 0.1) is 17.5 Å². The molecule has 0 fully saturated rings. The smallest absolute Gasteiger partial charge is 0.224 e. The van der Waals surface area contributed by atoms with Crippen LogP contribution in [0.15, 0.2) is 18.3 Å². The van der Waals surface area contributed by atoms with E-state index in [1.807, 2.05) is 0 Å². The summed E-state index contributed by atoms with van der Waals surface area (Å²) in [5.41, 5.74) is -0.0375. The van der Waals surface area contributed by atoms with Crippen LogP contribution in [0.5, 0.6) is 5.75 Å². The molecule has 2 aromatic rings. The van der Waals surface area contributed by atoms with Crippen molar-refractivity contribution in [1.29, 1.82) is 0 Å². The number of benzene rings is 1. The zero-order valence-electron chi connectivity index (χ0n) is 9.55. The first kappa shape index (κ1) is 13.4. The second kappa shape index (κ2) is 5.31. The Kier molecular flexibility index (Phi) is 3.75. The highest BCUT2D eigenvalue weighted by Gasteiger charge is 2.13. The Morgan fingerprint density at radius 1 is 1.21 bits per heavy atom. The van der Waals surface area contributed by atoms with Gasteiger partial charge in [0.05, 0.1) is 13.3 Å². The molecule has 0 atom stereocenters. The largest absolute Gasteiger partial charge is 0.491 e. The van der Waals surface area contributed by atoms with Gasteiger partial charge >= 0.3 is 0 Å². The molecule has 1 aromatic heterocycles. The Hall–Kier alpha value is -2.02. The first-order chi connectivity index (χ1) is 9.01. The van der Waals surface area contributed by atoms with Crippen molar-refractivity contribution < 1.29 is 17.9 Å².